The zero-order valence-electron chi connectivity index (χ0n) is 48.0. The molecule has 3 aromatic rings. The maximum atomic E-state index is 11.3. The van der Waals surface area contributed by atoms with E-state index in [-0.39, 0.29) is 10.8 Å². The molecule has 0 unspecified atom stereocenters. The number of aromatic hydroxyl groups is 1. The molecule has 0 fully saturated rings. The van der Waals surface area contributed by atoms with Gasteiger partial charge < -0.3 is 9.84 Å². The summed E-state index contributed by atoms with van der Waals surface area (Å²) in [5.74, 6) is 1.65. The van der Waals surface area contributed by atoms with Gasteiger partial charge in [-0.2, -0.15) is 0 Å². The molecule has 0 bridgehead atoms. The van der Waals surface area contributed by atoms with Gasteiger partial charge in [-0.05, 0) is 96.2 Å². The van der Waals surface area contributed by atoms with Crippen molar-refractivity contribution in [2.45, 2.75) is 321 Å². The molecule has 0 aliphatic heterocycles. The van der Waals surface area contributed by atoms with Crippen LogP contribution in [-0.2, 0) is 30.1 Å². The van der Waals surface area contributed by atoms with Crippen LogP contribution in [0.1, 0.15) is 313 Å². The highest BCUT2D eigenvalue weighted by atomic mass is 32.2. The summed E-state index contributed by atoms with van der Waals surface area (Å²) in [7, 11) is 0. The van der Waals surface area contributed by atoms with Crippen LogP contribution in [-0.4, -0.2) is 11.7 Å². The van der Waals surface area contributed by atoms with E-state index in [0.29, 0.717) is 5.75 Å². The van der Waals surface area contributed by atoms with Crippen LogP contribution >= 0.6 is 11.8 Å². The third kappa shape index (κ3) is 24.6. The Morgan fingerprint density at radius 3 is 1.27 bits per heavy atom. The van der Waals surface area contributed by atoms with Crippen LogP contribution in [0.5, 0.6) is 11.5 Å². The van der Waals surface area contributed by atoms with Gasteiger partial charge in [0, 0.05) is 20.9 Å². The van der Waals surface area contributed by atoms with E-state index >= 15 is 0 Å². The summed E-state index contributed by atoms with van der Waals surface area (Å²) in [6.45, 7) is 24.0. The molecule has 70 heavy (non-hydrogen) atoms. The molecular formula is C67H112O2S. The van der Waals surface area contributed by atoms with Gasteiger partial charge in [-0.3, -0.25) is 0 Å². The molecule has 0 radical (unpaired) electrons. The van der Waals surface area contributed by atoms with E-state index in [1.807, 2.05) is 17.8 Å². The summed E-state index contributed by atoms with van der Waals surface area (Å²) in [4.78, 5) is 2.74. The smallest absolute Gasteiger partial charge is 0.126 e. The highest BCUT2D eigenvalue weighted by Gasteiger charge is 2.32. The molecular weight excluding hydrogens is 869 g/mol. The van der Waals surface area contributed by atoms with Crippen molar-refractivity contribution in [1.29, 1.82) is 0 Å². The van der Waals surface area contributed by atoms with Gasteiger partial charge in [-0.1, -0.05) is 297 Å². The van der Waals surface area contributed by atoms with Crippen molar-refractivity contribution in [2.75, 3.05) is 6.61 Å². The largest absolute Gasteiger partial charge is 0.508 e. The Kier molecular flexibility index (Phi) is 32.3. The van der Waals surface area contributed by atoms with Gasteiger partial charge in [0.15, 0.2) is 0 Å². The molecule has 0 saturated heterocycles. The normalized spacial score (nSPS) is 12.1. The Hall–Kier alpha value is -2.39. The Morgan fingerprint density at radius 1 is 0.457 bits per heavy atom. The molecule has 2 nitrogen and oxygen atoms in total. The first-order valence-corrected chi connectivity index (χ1v) is 31.0. The molecule has 3 heteroatoms. The predicted octanol–water partition coefficient (Wildman–Crippen LogP) is 22.4. The van der Waals surface area contributed by atoms with E-state index in [1.165, 1.54) is 249 Å². The minimum Gasteiger partial charge on any atom is -0.508 e. The quantitative estimate of drug-likeness (QED) is 0.0575. The first-order valence-electron chi connectivity index (χ1n) is 30.2. The zero-order chi connectivity index (χ0) is 50.9. The Labute approximate surface area is 439 Å². The second-order valence-electron chi connectivity index (χ2n) is 23.8. The van der Waals surface area contributed by atoms with Gasteiger partial charge >= 0.3 is 0 Å². The van der Waals surface area contributed by atoms with Gasteiger partial charge in [0.2, 0.25) is 0 Å². The molecule has 0 atom stereocenters. The monoisotopic (exact) mass is 981 g/mol. The highest BCUT2D eigenvalue weighted by molar-refractivity contribution is 7.99. The fourth-order valence-electron chi connectivity index (χ4n) is 10.8. The number of benzene rings is 3. The maximum absolute atomic E-state index is 11.3. The van der Waals surface area contributed by atoms with E-state index < -0.39 is 0 Å². The third-order valence-corrected chi connectivity index (χ3v) is 16.4. The summed E-state index contributed by atoms with van der Waals surface area (Å²) >= 11 is 2.00. The number of rotatable bonds is 41. The number of unbranched alkanes of at least 4 members (excludes halogenated alkanes) is 30. The van der Waals surface area contributed by atoms with Gasteiger partial charge in [-0.15, -0.1) is 0 Å². The second kappa shape index (κ2) is 36.5. The molecule has 398 valence electrons. The Balaban J connectivity index is 2.08. The van der Waals surface area contributed by atoms with E-state index in [1.54, 1.807) is 0 Å². The first kappa shape index (κ1) is 61.9. The minimum absolute atomic E-state index is 0.0907. The summed E-state index contributed by atoms with van der Waals surface area (Å²) in [6, 6.07) is 15.7. The third-order valence-electron chi connectivity index (χ3n) is 15.1. The highest BCUT2D eigenvalue weighted by Crippen LogP contribution is 2.50. The van der Waals surface area contributed by atoms with Gasteiger partial charge in [0.05, 0.1) is 6.61 Å². The molecule has 0 aliphatic carbocycles. The average Bonchev–Trinajstić information content (AvgIpc) is 3.32. The first-order chi connectivity index (χ1) is 33.8. The molecule has 3 aromatic carbocycles. The molecule has 0 spiro atoms. The van der Waals surface area contributed by atoms with Gasteiger partial charge in [0.1, 0.15) is 11.5 Å². The summed E-state index contributed by atoms with van der Waals surface area (Å²) in [6.07, 6.45) is 47.6. The van der Waals surface area contributed by atoms with Crippen LogP contribution in [0.4, 0.5) is 0 Å². The van der Waals surface area contributed by atoms with Crippen molar-refractivity contribution in [1.82, 2.24) is 0 Å². The molecule has 0 amide bonds. The summed E-state index contributed by atoms with van der Waals surface area (Å²) in [5.41, 5.74) is 9.27. The average molecular weight is 982 g/mol. The number of ether oxygens (including phenoxy) is 1. The lowest BCUT2D eigenvalue weighted by Gasteiger charge is -2.33. The maximum Gasteiger partial charge on any atom is 0.126 e. The Morgan fingerprint density at radius 2 is 0.857 bits per heavy atom. The standard InChI is InChI=1S/C67H112O2S/c1-11-14-17-20-23-26-29-32-35-38-44-49-57-59(53-56-47-42-41-43-48-56)65(70-62-54-60(66(5,6)7)61(68)52-55(62)4)58(50-45-39-36-33-30-27-24-21-18-15-12-2)63(67(8,9)10)64(57)69-51-46-40-37-34-31-28-25-22-19-16-13-3/h41-43,47-48,52,54,68H,11-40,44-46,49-51,53H2,1-10H3. The zero-order valence-corrected chi connectivity index (χ0v) is 48.8. The number of hydrogen-bond acceptors (Lipinski definition) is 3. The molecule has 1 N–H and O–H groups in total. The number of phenols is 1. The lowest BCUT2D eigenvalue weighted by molar-refractivity contribution is 0.291. The SMILES string of the molecule is CCCCCCCCCCCCCOc1c(CCCCCCCCCCCCC)c(Cc2ccccc2)c(Sc2cc(C(C)(C)C)c(O)cc2C)c(CCCCCCCCCCCCC)c1C(C)(C)C. The van der Waals surface area contributed by atoms with Crippen LogP contribution in [0.25, 0.3) is 0 Å². The van der Waals surface area contributed by atoms with Crippen LogP contribution in [0.2, 0.25) is 0 Å². The van der Waals surface area contributed by atoms with Crippen molar-refractivity contribution in [3.8, 4) is 11.5 Å². The predicted molar refractivity (Wildman–Crippen MR) is 312 cm³/mol. The molecule has 0 aromatic heterocycles. The minimum atomic E-state index is -0.166. The number of hydrogen-bond donors (Lipinski definition) is 1. The molecule has 0 aliphatic rings. The van der Waals surface area contributed by atoms with Crippen LogP contribution in [0, 0.1) is 6.92 Å². The van der Waals surface area contributed by atoms with E-state index in [4.69, 9.17) is 4.74 Å². The van der Waals surface area contributed by atoms with Crippen molar-refractivity contribution in [3.05, 3.63) is 81.4 Å². The van der Waals surface area contributed by atoms with Crippen LogP contribution in [0.3, 0.4) is 0 Å². The molecule has 0 heterocycles. The number of phenolic OH excluding ortho intramolecular Hbond substituents is 1. The summed E-state index contributed by atoms with van der Waals surface area (Å²) < 4.78 is 7.42. The molecule has 0 saturated carbocycles. The molecule has 3 rings (SSSR count). The lowest BCUT2D eigenvalue weighted by Crippen LogP contribution is -2.21. The Bertz CT molecular complexity index is 1780. The van der Waals surface area contributed by atoms with Crippen molar-refractivity contribution >= 4 is 11.8 Å². The fourth-order valence-corrected chi connectivity index (χ4v) is 12.1. The lowest BCUT2D eigenvalue weighted by atomic mass is 9.77. The van der Waals surface area contributed by atoms with E-state index in [2.05, 4.69) is 106 Å². The van der Waals surface area contributed by atoms with E-state index in [9.17, 15) is 5.11 Å². The van der Waals surface area contributed by atoms with Crippen molar-refractivity contribution in [2.24, 2.45) is 0 Å². The van der Waals surface area contributed by atoms with Crippen molar-refractivity contribution < 1.29 is 9.84 Å². The fraction of sp³-hybridized carbons (Fsp3) is 0.731. The topological polar surface area (TPSA) is 29.5 Å². The van der Waals surface area contributed by atoms with Gasteiger partial charge in [-0.25, -0.2) is 0 Å². The second-order valence-corrected chi connectivity index (χ2v) is 24.9. The van der Waals surface area contributed by atoms with Crippen molar-refractivity contribution in [3.63, 3.8) is 0 Å². The van der Waals surface area contributed by atoms with E-state index in [0.717, 1.165) is 43.4 Å². The van der Waals surface area contributed by atoms with Crippen LogP contribution < -0.4 is 4.74 Å². The van der Waals surface area contributed by atoms with Gasteiger partial charge in [0.25, 0.3) is 0 Å². The number of aryl methyl sites for hydroxylation is 1. The van der Waals surface area contributed by atoms with Crippen LogP contribution in [0.15, 0.2) is 52.3 Å². The summed E-state index contributed by atoms with van der Waals surface area (Å²) in [5, 5.41) is 11.3.